The minimum atomic E-state index is -0.935. The van der Waals surface area contributed by atoms with Gasteiger partial charge in [0.2, 0.25) is 0 Å². The van der Waals surface area contributed by atoms with Crippen LogP contribution in [0.15, 0.2) is 28.7 Å². The molecule has 1 N–H and O–H groups in total. The van der Waals surface area contributed by atoms with E-state index in [0.29, 0.717) is 5.92 Å². The average molecular weight is 354 g/mol. The number of piperidine rings is 1. The predicted octanol–water partition coefficient (Wildman–Crippen LogP) is 3.41. The summed E-state index contributed by atoms with van der Waals surface area (Å²) in [6.45, 7) is 2.89. The average Bonchev–Trinajstić information content (AvgIpc) is 2.47. The van der Waals surface area contributed by atoms with Crippen molar-refractivity contribution in [2.45, 2.75) is 12.8 Å². The number of rotatable bonds is 5. The lowest BCUT2D eigenvalue weighted by molar-refractivity contribution is -0.131. The summed E-state index contributed by atoms with van der Waals surface area (Å²) in [5, 5.41) is 8.65. The van der Waals surface area contributed by atoms with Crippen LogP contribution in [-0.4, -0.2) is 37.9 Å². The SMILES string of the molecule is COCC1CCN(c2ccc(/C=C/C(=O)O)cc2Br)CC1. The number of methoxy groups -OCH3 is 1. The van der Waals surface area contributed by atoms with Gasteiger partial charge in [0.05, 0.1) is 5.69 Å². The summed E-state index contributed by atoms with van der Waals surface area (Å²) in [4.78, 5) is 12.9. The number of benzene rings is 1. The number of anilines is 1. The molecule has 1 saturated heterocycles. The Kier molecular flexibility index (Phi) is 5.82. The molecule has 114 valence electrons. The first-order valence-corrected chi connectivity index (χ1v) is 7.84. The van der Waals surface area contributed by atoms with E-state index < -0.39 is 5.97 Å². The quantitative estimate of drug-likeness (QED) is 0.824. The first-order chi connectivity index (χ1) is 10.1. The minimum absolute atomic E-state index is 0.655. The van der Waals surface area contributed by atoms with Crippen molar-refractivity contribution in [3.05, 3.63) is 34.3 Å². The number of carboxylic acids is 1. The number of hydrogen-bond donors (Lipinski definition) is 1. The molecule has 1 heterocycles. The molecule has 21 heavy (non-hydrogen) atoms. The van der Waals surface area contributed by atoms with Gasteiger partial charge in [-0.2, -0.15) is 0 Å². The molecule has 4 nitrogen and oxygen atoms in total. The van der Waals surface area contributed by atoms with Crippen molar-refractivity contribution in [1.29, 1.82) is 0 Å². The van der Waals surface area contributed by atoms with Crippen LogP contribution >= 0.6 is 15.9 Å². The van der Waals surface area contributed by atoms with Crippen molar-refractivity contribution < 1.29 is 14.6 Å². The molecule has 1 fully saturated rings. The zero-order valence-electron chi connectivity index (χ0n) is 12.1. The molecule has 1 aromatic rings. The van der Waals surface area contributed by atoms with Crippen LogP contribution in [0.1, 0.15) is 18.4 Å². The molecule has 0 aromatic heterocycles. The highest BCUT2D eigenvalue weighted by atomic mass is 79.9. The second-order valence-corrected chi connectivity index (χ2v) is 6.12. The van der Waals surface area contributed by atoms with Crippen LogP contribution in [0, 0.1) is 5.92 Å². The number of ether oxygens (including phenoxy) is 1. The van der Waals surface area contributed by atoms with Gasteiger partial charge in [0.15, 0.2) is 0 Å². The highest BCUT2D eigenvalue weighted by molar-refractivity contribution is 9.10. The minimum Gasteiger partial charge on any atom is -0.478 e. The van der Waals surface area contributed by atoms with Gasteiger partial charge in [0.1, 0.15) is 0 Å². The Balaban J connectivity index is 2.03. The first-order valence-electron chi connectivity index (χ1n) is 7.04. The van der Waals surface area contributed by atoms with Gasteiger partial charge in [-0.15, -0.1) is 0 Å². The van der Waals surface area contributed by atoms with Gasteiger partial charge in [-0.25, -0.2) is 4.79 Å². The molecule has 1 aliphatic rings. The third kappa shape index (κ3) is 4.58. The van der Waals surface area contributed by atoms with Crippen molar-refractivity contribution in [1.82, 2.24) is 0 Å². The summed E-state index contributed by atoms with van der Waals surface area (Å²) in [5.74, 6) is -0.279. The molecule has 1 aliphatic heterocycles. The lowest BCUT2D eigenvalue weighted by Gasteiger charge is -2.34. The maximum absolute atomic E-state index is 10.5. The normalized spacial score (nSPS) is 16.6. The molecule has 0 aliphatic carbocycles. The molecule has 0 saturated carbocycles. The molecule has 1 aromatic carbocycles. The molecule has 0 atom stereocenters. The number of carboxylic acid groups (broad SMARTS) is 1. The van der Waals surface area contributed by atoms with Gasteiger partial charge in [0, 0.05) is 37.4 Å². The third-order valence-corrected chi connectivity index (χ3v) is 4.38. The highest BCUT2D eigenvalue weighted by Crippen LogP contribution is 2.31. The van der Waals surface area contributed by atoms with Crippen molar-refractivity contribution in [2.24, 2.45) is 5.92 Å². The molecule has 0 bridgehead atoms. The summed E-state index contributed by atoms with van der Waals surface area (Å²) in [7, 11) is 1.76. The Morgan fingerprint density at radius 1 is 1.48 bits per heavy atom. The van der Waals surface area contributed by atoms with E-state index in [-0.39, 0.29) is 0 Å². The lowest BCUT2D eigenvalue weighted by Crippen LogP contribution is -2.35. The second kappa shape index (κ2) is 7.61. The summed E-state index contributed by atoms with van der Waals surface area (Å²) >= 11 is 3.59. The van der Waals surface area contributed by atoms with Crippen LogP contribution in [0.2, 0.25) is 0 Å². The number of aliphatic carboxylic acids is 1. The fraction of sp³-hybridized carbons (Fsp3) is 0.438. The Labute approximate surface area is 133 Å². The van der Waals surface area contributed by atoms with Gasteiger partial charge >= 0.3 is 5.97 Å². The number of halogens is 1. The van der Waals surface area contributed by atoms with Gasteiger partial charge in [-0.05, 0) is 58.5 Å². The summed E-state index contributed by atoms with van der Waals surface area (Å²) in [6.07, 6.45) is 5.03. The largest absolute Gasteiger partial charge is 0.478 e. The Hall–Kier alpha value is -1.33. The number of hydrogen-bond acceptors (Lipinski definition) is 3. The maximum atomic E-state index is 10.5. The van der Waals surface area contributed by atoms with Crippen LogP contribution in [0.5, 0.6) is 0 Å². The van der Waals surface area contributed by atoms with Crippen molar-refractivity contribution in [3.63, 3.8) is 0 Å². The zero-order chi connectivity index (χ0) is 15.2. The van der Waals surface area contributed by atoms with E-state index in [1.165, 1.54) is 5.69 Å². The molecule has 0 unspecified atom stereocenters. The van der Waals surface area contributed by atoms with Crippen LogP contribution in [-0.2, 0) is 9.53 Å². The van der Waals surface area contributed by atoms with Crippen molar-refractivity contribution >= 4 is 33.7 Å². The smallest absolute Gasteiger partial charge is 0.328 e. The Morgan fingerprint density at radius 2 is 2.19 bits per heavy atom. The van der Waals surface area contributed by atoms with Crippen molar-refractivity contribution in [2.75, 3.05) is 31.7 Å². The fourth-order valence-corrected chi connectivity index (χ4v) is 3.27. The molecular weight excluding hydrogens is 334 g/mol. The van der Waals surface area contributed by atoms with Gasteiger partial charge < -0.3 is 14.7 Å². The molecule has 0 radical (unpaired) electrons. The second-order valence-electron chi connectivity index (χ2n) is 5.27. The number of carbonyl (C=O) groups is 1. The van der Waals surface area contributed by atoms with Crippen LogP contribution in [0.3, 0.4) is 0 Å². The fourth-order valence-electron chi connectivity index (χ4n) is 2.63. The Morgan fingerprint density at radius 3 is 2.76 bits per heavy atom. The molecule has 0 spiro atoms. The van der Waals surface area contributed by atoms with Crippen LogP contribution in [0.4, 0.5) is 5.69 Å². The Bertz CT molecular complexity index is 522. The zero-order valence-corrected chi connectivity index (χ0v) is 13.7. The van der Waals surface area contributed by atoms with Crippen molar-refractivity contribution in [3.8, 4) is 0 Å². The summed E-state index contributed by atoms with van der Waals surface area (Å²) < 4.78 is 6.22. The standard InChI is InChI=1S/C16H20BrNO3/c1-21-11-13-6-8-18(9-7-13)15-4-2-12(10-14(15)17)3-5-16(19)20/h2-5,10,13H,6-9,11H2,1H3,(H,19,20)/b5-3+. The molecule has 5 heteroatoms. The molecule has 0 amide bonds. The van der Waals surface area contributed by atoms with E-state index >= 15 is 0 Å². The highest BCUT2D eigenvalue weighted by Gasteiger charge is 2.20. The summed E-state index contributed by atoms with van der Waals surface area (Å²) in [5.41, 5.74) is 2.04. The van der Waals surface area contributed by atoms with Gasteiger partial charge in [0.25, 0.3) is 0 Å². The topological polar surface area (TPSA) is 49.8 Å². The van der Waals surface area contributed by atoms with E-state index in [0.717, 1.165) is 48.7 Å². The van der Waals surface area contributed by atoms with Crippen LogP contribution < -0.4 is 4.90 Å². The van der Waals surface area contributed by atoms with Gasteiger partial charge in [-0.1, -0.05) is 6.07 Å². The molecule has 2 rings (SSSR count). The first kappa shape index (κ1) is 16.0. The monoisotopic (exact) mass is 353 g/mol. The predicted molar refractivity (Wildman–Crippen MR) is 87.6 cm³/mol. The van der Waals surface area contributed by atoms with E-state index in [1.54, 1.807) is 13.2 Å². The van der Waals surface area contributed by atoms with E-state index in [4.69, 9.17) is 9.84 Å². The molecular formula is C16H20BrNO3. The van der Waals surface area contributed by atoms with E-state index in [2.05, 4.69) is 20.8 Å². The lowest BCUT2D eigenvalue weighted by atomic mass is 9.97. The van der Waals surface area contributed by atoms with E-state index in [1.807, 2.05) is 18.2 Å². The van der Waals surface area contributed by atoms with E-state index in [9.17, 15) is 4.79 Å². The maximum Gasteiger partial charge on any atom is 0.328 e. The number of nitrogens with zero attached hydrogens (tertiary/aromatic N) is 1. The summed E-state index contributed by atoms with van der Waals surface area (Å²) in [6, 6.07) is 5.94. The van der Waals surface area contributed by atoms with Gasteiger partial charge in [-0.3, -0.25) is 0 Å². The van der Waals surface area contributed by atoms with Crippen LogP contribution in [0.25, 0.3) is 6.08 Å². The third-order valence-electron chi connectivity index (χ3n) is 3.75.